The van der Waals surface area contributed by atoms with Crippen LogP contribution in [0.15, 0.2) is 41.5 Å². The van der Waals surface area contributed by atoms with Gasteiger partial charge in [0.15, 0.2) is 5.82 Å². The lowest BCUT2D eigenvalue weighted by Crippen LogP contribution is -2.46. The van der Waals surface area contributed by atoms with Gasteiger partial charge in [0, 0.05) is 31.9 Å². The summed E-state index contributed by atoms with van der Waals surface area (Å²) in [6.45, 7) is 5.56. The fourth-order valence-electron chi connectivity index (χ4n) is 3.36. The molecule has 1 N–H and O–H groups in total. The number of fused-ring (bicyclic) bond motifs is 1. The van der Waals surface area contributed by atoms with E-state index >= 15 is 0 Å². The smallest absolute Gasteiger partial charge is 0.261 e. The van der Waals surface area contributed by atoms with E-state index in [9.17, 15) is 4.79 Å². The maximum Gasteiger partial charge on any atom is 0.261 e. The summed E-state index contributed by atoms with van der Waals surface area (Å²) in [6, 6.07) is 9.74. The van der Waals surface area contributed by atoms with Crippen molar-refractivity contribution in [2.24, 2.45) is 0 Å². The molecular formula is C19H22N6O2. The third kappa shape index (κ3) is 3.48. The zero-order chi connectivity index (χ0) is 18.8. The standard InChI is InChI=1S/C19H22N6O2/c1-14-2-5-18(22-21-14)24-8-6-23(7-9-24)15-3-4-16-17(12-15)20-13-25(10-11-26)19(16)27/h2-5,12-13,26H,6-11H2,1H3. The Morgan fingerprint density at radius 2 is 1.81 bits per heavy atom. The predicted molar refractivity (Wildman–Crippen MR) is 104 cm³/mol. The van der Waals surface area contributed by atoms with Crippen LogP contribution in [0.4, 0.5) is 11.5 Å². The molecule has 3 heterocycles. The Balaban J connectivity index is 1.51. The normalized spacial score (nSPS) is 14.7. The Labute approximate surface area is 156 Å². The van der Waals surface area contributed by atoms with Gasteiger partial charge in [-0.2, -0.15) is 5.10 Å². The lowest BCUT2D eigenvalue weighted by atomic mass is 10.2. The fourth-order valence-corrected chi connectivity index (χ4v) is 3.36. The van der Waals surface area contributed by atoms with Gasteiger partial charge in [-0.1, -0.05) is 0 Å². The van der Waals surface area contributed by atoms with E-state index in [1.807, 2.05) is 37.3 Å². The number of rotatable bonds is 4. The molecule has 0 unspecified atom stereocenters. The van der Waals surface area contributed by atoms with Gasteiger partial charge >= 0.3 is 0 Å². The highest BCUT2D eigenvalue weighted by Crippen LogP contribution is 2.22. The molecule has 1 aliphatic heterocycles. The van der Waals surface area contributed by atoms with E-state index in [1.165, 1.54) is 10.9 Å². The van der Waals surface area contributed by atoms with Crippen LogP contribution in [0.25, 0.3) is 10.9 Å². The van der Waals surface area contributed by atoms with Gasteiger partial charge in [0.1, 0.15) is 0 Å². The van der Waals surface area contributed by atoms with Gasteiger partial charge in [0.05, 0.1) is 36.1 Å². The summed E-state index contributed by atoms with van der Waals surface area (Å²) in [5.74, 6) is 0.907. The summed E-state index contributed by atoms with van der Waals surface area (Å²) in [5.41, 5.74) is 2.53. The minimum atomic E-state index is -0.122. The molecule has 2 aromatic heterocycles. The third-order valence-corrected chi connectivity index (χ3v) is 4.90. The maximum absolute atomic E-state index is 12.4. The lowest BCUT2D eigenvalue weighted by Gasteiger charge is -2.36. The second-order valence-electron chi connectivity index (χ2n) is 6.68. The van der Waals surface area contributed by atoms with Gasteiger partial charge in [0.2, 0.25) is 0 Å². The number of hydrogen-bond donors (Lipinski definition) is 1. The highest BCUT2D eigenvalue weighted by molar-refractivity contribution is 5.81. The van der Waals surface area contributed by atoms with E-state index in [0.717, 1.165) is 43.4 Å². The first-order valence-corrected chi connectivity index (χ1v) is 9.06. The summed E-state index contributed by atoms with van der Waals surface area (Å²) >= 11 is 0. The van der Waals surface area contributed by atoms with Gasteiger partial charge in [-0.05, 0) is 37.3 Å². The highest BCUT2D eigenvalue weighted by Gasteiger charge is 2.19. The molecule has 1 fully saturated rings. The Morgan fingerprint density at radius 3 is 2.52 bits per heavy atom. The minimum absolute atomic E-state index is 0.0825. The van der Waals surface area contributed by atoms with E-state index in [0.29, 0.717) is 10.9 Å². The van der Waals surface area contributed by atoms with Crippen LogP contribution in [0, 0.1) is 6.92 Å². The molecule has 0 atom stereocenters. The lowest BCUT2D eigenvalue weighted by molar-refractivity contribution is 0.274. The van der Waals surface area contributed by atoms with Gasteiger partial charge in [-0.15, -0.1) is 5.10 Å². The van der Waals surface area contributed by atoms with Crippen LogP contribution in [0.5, 0.6) is 0 Å². The Kier molecular flexibility index (Phi) is 4.72. The summed E-state index contributed by atoms with van der Waals surface area (Å²) in [4.78, 5) is 21.3. The molecule has 3 aromatic rings. The zero-order valence-corrected chi connectivity index (χ0v) is 15.2. The predicted octanol–water partition coefficient (Wildman–Crippen LogP) is 0.814. The van der Waals surface area contributed by atoms with Crippen LogP contribution >= 0.6 is 0 Å². The van der Waals surface area contributed by atoms with Crippen LogP contribution in [-0.2, 0) is 6.54 Å². The molecule has 0 aliphatic carbocycles. The zero-order valence-electron chi connectivity index (χ0n) is 15.2. The van der Waals surface area contributed by atoms with Crippen molar-refractivity contribution in [3.63, 3.8) is 0 Å². The van der Waals surface area contributed by atoms with Gasteiger partial charge in [0.25, 0.3) is 5.56 Å². The summed E-state index contributed by atoms with van der Waals surface area (Å²) in [7, 11) is 0. The van der Waals surface area contributed by atoms with Crippen molar-refractivity contribution in [2.75, 3.05) is 42.6 Å². The van der Waals surface area contributed by atoms with E-state index in [-0.39, 0.29) is 18.7 Å². The summed E-state index contributed by atoms with van der Waals surface area (Å²) in [5, 5.41) is 18.0. The van der Waals surface area contributed by atoms with Crippen molar-refractivity contribution >= 4 is 22.4 Å². The molecule has 0 bridgehead atoms. The van der Waals surface area contributed by atoms with Gasteiger partial charge < -0.3 is 14.9 Å². The van der Waals surface area contributed by atoms with Crippen LogP contribution in [0.1, 0.15) is 5.69 Å². The summed E-state index contributed by atoms with van der Waals surface area (Å²) < 4.78 is 1.43. The van der Waals surface area contributed by atoms with Crippen molar-refractivity contribution in [1.82, 2.24) is 19.7 Å². The molecule has 8 nitrogen and oxygen atoms in total. The molecular weight excluding hydrogens is 344 g/mol. The topological polar surface area (TPSA) is 87.4 Å². The first kappa shape index (κ1) is 17.4. The molecule has 8 heteroatoms. The number of aliphatic hydroxyl groups is 1. The third-order valence-electron chi connectivity index (χ3n) is 4.90. The molecule has 0 saturated carbocycles. The number of aromatic nitrogens is 4. The molecule has 4 rings (SSSR count). The van der Waals surface area contributed by atoms with Gasteiger partial charge in [-0.3, -0.25) is 9.36 Å². The Hall–Kier alpha value is -3.00. The number of benzene rings is 1. The van der Waals surface area contributed by atoms with Crippen molar-refractivity contribution in [2.45, 2.75) is 13.5 Å². The number of anilines is 2. The largest absolute Gasteiger partial charge is 0.395 e. The molecule has 0 spiro atoms. The Bertz CT molecular complexity index is 993. The second-order valence-corrected chi connectivity index (χ2v) is 6.68. The second kappa shape index (κ2) is 7.32. The number of aryl methyl sites for hydroxylation is 1. The van der Waals surface area contributed by atoms with Crippen LogP contribution < -0.4 is 15.4 Å². The fraction of sp³-hybridized carbons (Fsp3) is 0.368. The number of nitrogens with zero attached hydrogens (tertiary/aromatic N) is 6. The molecule has 140 valence electrons. The van der Waals surface area contributed by atoms with E-state index in [1.54, 1.807) is 0 Å². The van der Waals surface area contributed by atoms with Crippen molar-refractivity contribution < 1.29 is 5.11 Å². The van der Waals surface area contributed by atoms with Crippen molar-refractivity contribution in [3.05, 3.63) is 52.7 Å². The van der Waals surface area contributed by atoms with Crippen LogP contribution in [0.3, 0.4) is 0 Å². The first-order valence-electron chi connectivity index (χ1n) is 9.06. The monoisotopic (exact) mass is 366 g/mol. The van der Waals surface area contributed by atoms with Crippen molar-refractivity contribution in [3.8, 4) is 0 Å². The van der Waals surface area contributed by atoms with E-state index in [2.05, 4.69) is 25.0 Å². The number of hydrogen-bond acceptors (Lipinski definition) is 7. The summed E-state index contributed by atoms with van der Waals surface area (Å²) in [6.07, 6.45) is 1.50. The van der Waals surface area contributed by atoms with Gasteiger partial charge in [-0.25, -0.2) is 4.98 Å². The quantitative estimate of drug-likeness (QED) is 0.731. The molecule has 1 aliphatic rings. The average Bonchev–Trinajstić information content (AvgIpc) is 2.71. The molecule has 1 aromatic carbocycles. The number of piperazine rings is 1. The average molecular weight is 366 g/mol. The van der Waals surface area contributed by atoms with E-state index < -0.39 is 0 Å². The molecule has 0 radical (unpaired) electrons. The van der Waals surface area contributed by atoms with Crippen LogP contribution in [0.2, 0.25) is 0 Å². The molecule has 0 amide bonds. The molecule has 1 saturated heterocycles. The first-order chi connectivity index (χ1) is 13.2. The number of aliphatic hydroxyl groups excluding tert-OH is 1. The molecule has 27 heavy (non-hydrogen) atoms. The maximum atomic E-state index is 12.4. The minimum Gasteiger partial charge on any atom is -0.395 e. The SMILES string of the molecule is Cc1ccc(N2CCN(c3ccc4c(=O)n(CCO)cnc4c3)CC2)nn1. The highest BCUT2D eigenvalue weighted by atomic mass is 16.3. The Morgan fingerprint density at radius 1 is 1.04 bits per heavy atom. The van der Waals surface area contributed by atoms with E-state index in [4.69, 9.17) is 5.11 Å². The van der Waals surface area contributed by atoms with Crippen LogP contribution in [-0.4, -0.2) is 57.6 Å². The van der Waals surface area contributed by atoms with Crippen molar-refractivity contribution in [1.29, 1.82) is 0 Å².